The standard InChI is InChI=1S/C16H25NO3/c1-3-4-5-6-9-12-17-16(18)13-20-15-11-8-7-10-14(15)19-2/h7-8,10-11H,3-6,9,12-13H2,1-2H3,(H,17,18). The van der Waals surface area contributed by atoms with E-state index in [1.54, 1.807) is 19.2 Å². The zero-order valence-corrected chi connectivity index (χ0v) is 12.5. The summed E-state index contributed by atoms with van der Waals surface area (Å²) in [5.41, 5.74) is 0. The van der Waals surface area contributed by atoms with Gasteiger partial charge in [0.05, 0.1) is 7.11 Å². The third kappa shape index (κ3) is 6.45. The maximum Gasteiger partial charge on any atom is 0.257 e. The molecule has 1 amide bonds. The molecule has 0 fully saturated rings. The van der Waals surface area contributed by atoms with Gasteiger partial charge >= 0.3 is 0 Å². The Balaban J connectivity index is 2.16. The summed E-state index contributed by atoms with van der Waals surface area (Å²) in [7, 11) is 1.58. The van der Waals surface area contributed by atoms with Crippen LogP contribution in [0, 0.1) is 0 Å². The molecule has 4 heteroatoms. The third-order valence-electron chi connectivity index (χ3n) is 3.03. The molecular formula is C16H25NO3. The Labute approximate surface area is 121 Å². The monoisotopic (exact) mass is 279 g/mol. The largest absolute Gasteiger partial charge is 0.493 e. The van der Waals surface area contributed by atoms with Crippen molar-refractivity contribution in [1.29, 1.82) is 0 Å². The summed E-state index contributed by atoms with van der Waals surface area (Å²) in [6.07, 6.45) is 5.94. The molecule has 0 saturated carbocycles. The molecule has 0 bridgehead atoms. The van der Waals surface area contributed by atoms with Crippen LogP contribution in [0.4, 0.5) is 0 Å². The van der Waals surface area contributed by atoms with E-state index >= 15 is 0 Å². The van der Waals surface area contributed by atoms with Crippen molar-refractivity contribution in [3.05, 3.63) is 24.3 Å². The highest BCUT2D eigenvalue weighted by Crippen LogP contribution is 2.25. The van der Waals surface area contributed by atoms with Crippen molar-refractivity contribution in [3.63, 3.8) is 0 Å². The fraction of sp³-hybridized carbons (Fsp3) is 0.562. The Hall–Kier alpha value is -1.71. The third-order valence-corrected chi connectivity index (χ3v) is 3.03. The van der Waals surface area contributed by atoms with E-state index in [4.69, 9.17) is 9.47 Å². The van der Waals surface area contributed by atoms with E-state index in [1.165, 1.54) is 25.7 Å². The second-order valence-electron chi connectivity index (χ2n) is 4.70. The molecule has 0 atom stereocenters. The fourth-order valence-corrected chi connectivity index (χ4v) is 1.89. The van der Waals surface area contributed by atoms with Crippen LogP contribution >= 0.6 is 0 Å². The van der Waals surface area contributed by atoms with Gasteiger partial charge in [-0.15, -0.1) is 0 Å². The number of methoxy groups -OCH3 is 1. The molecule has 0 saturated heterocycles. The molecule has 1 aromatic carbocycles. The molecule has 0 radical (unpaired) electrons. The maximum atomic E-state index is 11.6. The van der Waals surface area contributed by atoms with Crippen molar-refractivity contribution >= 4 is 5.91 Å². The van der Waals surface area contributed by atoms with Gasteiger partial charge in [-0.3, -0.25) is 4.79 Å². The van der Waals surface area contributed by atoms with Crippen LogP contribution < -0.4 is 14.8 Å². The zero-order chi connectivity index (χ0) is 14.6. The van der Waals surface area contributed by atoms with Gasteiger partial charge < -0.3 is 14.8 Å². The number of rotatable bonds is 10. The lowest BCUT2D eigenvalue weighted by Gasteiger charge is -2.10. The SMILES string of the molecule is CCCCCCCNC(=O)COc1ccccc1OC. The summed E-state index contributed by atoms with van der Waals surface area (Å²) in [6, 6.07) is 7.31. The van der Waals surface area contributed by atoms with Gasteiger partial charge in [0, 0.05) is 6.54 Å². The number of hydrogen-bond acceptors (Lipinski definition) is 3. The van der Waals surface area contributed by atoms with Gasteiger partial charge in [0.1, 0.15) is 0 Å². The van der Waals surface area contributed by atoms with Gasteiger partial charge in [-0.2, -0.15) is 0 Å². The highest BCUT2D eigenvalue weighted by Gasteiger charge is 2.06. The van der Waals surface area contributed by atoms with Crippen molar-refractivity contribution in [2.24, 2.45) is 0 Å². The second kappa shape index (κ2) is 10.1. The Morgan fingerprint density at radius 3 is 2.50 bits per heavy atom. The van der Waals surface area contributed by atoms with E-state index in [2.05, 4.69) is 12.2 Å². The number of hydrogen-bond donors (Lipinski definition) is 1. The molecule has 0 aliphatic rings. The Bertz CT molecular complexity index is 393. The Morgan fingerprint density at radius 2 is 1.80 bits per heavy atom. The molecule has 0 spiro atoms. The summed E-state index contributed by atoms with van der Waals surface area (Å²) in [5, 5.41) is 2.86. The fourth-order valence-electron chi connectivity index (χ4n) is 1.89. The molecule has 112 valence electrons. The van der Waals surface area contributed by atoms with E-state index < -0.39 is 0 Å². The van der Waals surface area contributed by atoms with Gasteiger partial charge in [-0.1, -0.05) is 44.7 Å². The van der Waals surface area contributed by atoms with Crippen LogP contribution in [0.15, 0.2) is 24.3 Å². The lowest BCUT2D eigenvalue weighted by atomic mass is 10.1. The van der Waals surface area contributed by atoms with Crippen LogP contribution in [0.3, 0.4) is 0 Å². The van der Waals surface area contributed by atoms with Crippen LogP contribution in [0.25, 0.3) is 0 Å². The van der Waals surface area contributed by atoms with Crippen LogP contribution in [0.2, 0.25) is 0 Å². The van der Waals surface area contributed by atoms with Crippen LogP contribution in [-0.4, -0.2) is 26.2 Å². The first-order valence-electron chi connectivity index (χ1n) is 7.30. The van der Waals surface area contributed by atoms with E-state index in [0.717, 1.165) is 13.0 Å². The maximum absolute atomic E-state index is 11.6. The second-order valence-corrected chi connectivity index (χ2v) is 4.70. The molecule has 0 heterocycles. The van der Waals surface area contributed by atoms with Gasteiger partial charge in [-0.05, 0) is 18.6 Å². The number of ether oxygens (including phenoxy) is 2. The predicted molar refractivity (Wildman–Crippen MR) is 80.3 cm³/mol. The van der Waals surface area contributed by atoms with Gasteiger partial charge in [-0.25, -0.2) is 0 Å². The minimum atomic E-state index is -0.0913. The van der Waals surface area contributed by atoms with Crippen molar-refractivity contribution in [2.45, 2.75) is 39.0 Å². The molecule has 1 aromatic rings. The zero-order valence-electron chi connectivity index (χ0n) is 12.5. The van der Waals surface area contributed by atoms with Gasteiger partial charge in [0.25, 0.3) is 5.91 Å². The summed E-state index contributed by atoms with van der Waals surface area (Å²) >= 11 is 0. The number of carbonyl (C=O) groups excluding carboxylic acids is 1. The summed E-state index contributed by atoms with van der Waals surface area (Å²) < 4.78 is 10.6. The highest BCUT2D eigenvalue weighted by molar-refractivity contribution is 5.77. The van der Waals surface area contributed by atoms with Crippen LogP contribution in [0.5, 0.6) is 11.5 Å². The molecule has 0 aliphatic heterocycles. The summed E-state index contributed by atoms with van der Waals surface area (Å²) in [5.74, 6) is 1.14. The molecule has 0 unspecified atom stereocenters. The predicted octanol–water partition coefficient (Wildman–Crippen LogP) is 3.16. The summed E-state index contributed by atoms with van der Waals surface area (Å²) in [4.78, 5) is 11.6. The smallest absolute Gasteiger partial charge is 0.257 e. The first kappa shape index (κ1) is 16.3. The van der Waals surface area contributed by atoms with Crippen molar-refractivity contribution in [1.82, 2.24) is 5.32 Å². The number of para-hydroxylation sites is 2. The minimum Gasteiger partial charge on any atom is -0.493 e. The van der Waals surface area contributed by atoms with Crippen molar-refractivity contribution < 1.29 is 14.3 Å². The number of benzene rings is 1. The molecule has 4 nitrogen and oxygen atoms in total. The quantitative estimate of drug-likeness (QED) is 0.669. The average Bonchev–Trinajstić information content (AvgIpc) is 2.49. The van der Waals surface area contributed by atoms with E-state index in [1.807, 2.05) is 12.1 Å². The van der Waals surface area contributed by atoms with Gasteiger partial charge in [0.2, 0.25) is 0 Å². The Kier molecular flexibility index (Phi) is 8.27. The highest BCUT2D eigenvalue weighted by atomic mass is 16.5. The molecular weight excluding hydrogens is 254 g/mol. The summed E-state index contributed by atoms with van der Waals surface area (Å²) in [6.45, 7) is 2.93. The minimum absolute atomic E-state index is 0.0231. The molecule has 0 aliphatic carbocycles. The van der Waals surface area contributed by atoms with Crippen molar-refractivity contribution in [2.75, 3.05) is 20.3 Å². The molecule has 20 heavy (non-hydrogen) atoms. The lowest BCUT2D eigenvalue weighted by molar-refractivity contribution is -0.123. The number of carbonyl (C=O) groups is 1. The lowest BCUT2D eigenvalue weighted by Crippen LogP contribution is -2.29. The van der Waals surface area contributed by atoms with E-state index in [-0.39, 0.29) is 12.5 Å². The average molecular weight is 279 g/mol. The number of unbranched alkanes of at least 4 members (excludes halogenated alkanes) is 4. The van der Waals surface area contributed by atoms with Crippen LogP contribution in [0.1, 0.15) is 39.0 Å². The first-order valence-corrected chi connectivity index (χ1v) is 7.30. The van der Waals surface area contributed by atoms with Gasteiger partial charge in [0.15, 0.2) is 18.1 Å². The topological polar surface area (TPSA) is 47.6 Å². The normalized spacial score (nSPS) is 10.1. The van der Waals surface area contributed by atoms with Crippen molar-refractivity contribution in [3.8, 4) is 11.5 Å². The number of nitrogens with one attached hydrogen (secondary N) is 1. The molecule has 0 aromatic heterocycles. The molecule has 1 N–H and O–H groups in total. The van der Waals surface area contributed by atoms with E-state index in [9.17, 15) is 4.79 Å². The van der Waals surface area contributed by atoms with E-state index in [0.29, 0.717) is 11.5 Å². The molecule has 1 rings (SSSR count). The van der Waals surface area contributed by atoms with Crippen LogP contribution in [-0.2, 0) is 4.79 Å². The first-order chi connectivity index (χ1) is 9.77. The Morgan fingerprint density at radius 1 is 1.10 bits per heavy atom. The number of amides is 1.